The molecule has 0 amide bonds. The molecule has 0 fully saturated rings. The van der Waals surface area contributed by atoms with Crippen molar-refractivity contribution in [1.82, 2.24) is 0 Å². The molecule has 0 spiro atoms. The van der Waals surface area contributed by atoms with E-state index in [-0.39, 0.29) is 6.42 Å². The number of hydrogen-bond donors (Lipinski definition) is 1. The van der Waals surface area contributed by atoms with E-state index >= 15 is 0 Å². The molecular weight excluding hydrogens is 144 g/mol. The molecule has 0 aromatic carbocycles. The Bertz CT molecular complexity index is 102. The van der Waals surface area contributed by atoms with Crippen LogP contribution in [0.2, 0.25) is 0 Å². The number of unbranched alkanes of at least 4 members (excludes halogenated alkanes) is 1. The summed E-state index contributed by atoms with van der Waals surface area (Å²) >= 11 is 0. The predicted molar refractivity (Wildman–Crippen MR) is 42.6 cm³/mol. The number of aliphatic carboxylic acids is 1. The zero-order chi connectivity index (χ0) is 8.53. The first-order chi connectivity index (χ1) is 5.27. The number of carboxylic acids is 1. The monoisotopic (exact) mass is 160 g/mol. The van der Waals surface area contributed by atoms with Crippen molar-refractivity contribution in [2.75, 3.05) is 13.2 Å². The van der Waals surface area contributed by atoms with Crippen LogP contribution in [0.25, 0.3) is 0 Å². The predicted octanol–water partition coefficient (Wildman–Crippen LogP) is 1.67. The van der Waals surface area contributed by atoms with Gasteiger partial charge in [-0.15, -0.1) is 0 Å². The molecule has 0 aliphatic heterocycles. The van der Waals surface area contributed by atoms with E-state index in [9.17, 15) is 4.79 Å². The molecule has 0 aliphatic carbocycles. The summed E-state index contributed by atoms with van der Waals surface area (Å²) in [5, 5.41) is 8.28. The molecular formula is C8H16O3. The van der Waals surface area contributed by atoms with Crippen molar-refractivity contribution < 1.29 is 14.6 Å². The quantitative estimate of drug-likeness (QED) is 0.576. The normalized spacial score (nSPS) is 9.91. The Hall–Kier alpha value is -0.570. The van der Waals surface area contributed by atoms with Crippen LogP contribution in [0.5, 0.6) is 0 Å². The Kier molecular flexibility index (Phi) is 7.15. The first-order valence-electron chi connectivity index (χ1n) is 4.07. The number of hydrogen-bond acceptors (Lipinski definition) is 2. The Morgan fingerprint density at radius 2 is 2.09 bits per heavy atom. The van der Waals surface area contributed by atoms with Crippen molar-refractivity contribution in [3.63, 3.8) is 0 Å². The first-order valence-corrected chi connectivity index (χ1v) is 4.07. The molecule has 0 bridgehead atoms. The lowest BCUT2D eigenvalue weighted by Gasteiger charge is -1.99. The van der Waals surface area contributed by atoms with Gasteiger partial charge in [-0.1, -0.05) is 6.92 Å². The largest absolute Gasteiger partial charge is 0.481 e. The zero-order valence-electron chi connectivity index (χ0n) is 7.01. The van der Waals surface area contributed by atoms with Gasteiger partial charge in [-0.2, -0.15) is 0 Å². The summed E-state index contributed by atoms with van der Waals surface area (Å²) < 4.78 is 5.17. The molecule has 1 N–H and O–H groups in total. The van der Waals surface area contributed by atoms with Gasteiger partial charge >= 0.3 is 5.97 Å². The van der Waals surface area contributed by atoms with Gasteiger partial charge in [0.25, 0.3) is 0 Å². The maximum Gasteiger partial charge on any atom is 0.303 e. The third-order valence-electron chi connectivity index (χ3n) is 1.28. The highest BCUT2D eigenvalue weighted by atomic mass is 16.5. The Balaban J connectivity index is 2.85. The SMILES string of the molecule is CCCOCCCCC(=O)O. The van der Waals surface area contributed by atoms with E-state index in [1.165, 1.54) is 0 Å². The van der Waals surface area contributed by atoms with E-state index in [4.69, 9.17) is 9.84 Å². The Morgan fingerprint density at radius 1 is 1.36 bits per heavy atom. The second-order valence-electron chi connectivity index (χ2n) is 2.46. The molecule has 0 aromatic rings. The molecule has 0 unspecified atom stereocenters. The van der Waals surface area contributed by atoms with Crippen LogP contribution in [-0.2, 0) is 9.53 Å². The van der Waals surface area contributed by atoms with Gasteiger partial charge in [0, 0.05) is 19.6 Å². The standard InChI is InChI=1S/C8H16O3/c1-2-6-11-7-4-3-5-8(9)10/h2-7H2,1H3,(H,9,10). The molecule has 0 saturated heterocycles. The van der Waals surface area contributed by atoms with Gasteiger partial charge in [-0.25, -0.2) is 0 Å². The fourth-order valence-corrected chi connectivity index (χ4v) is 0.727. The Labute approximate surface area is 67.4 Å². The van der Waals surface area contributed by atoms with Gasteiger partial charge in [0.2, 0.25) is 0 Å². The van der Waals surface area contributed by atoms with Crippen LogP contribution >= 0.6 is 0 Å². The van der Waals surface area contributed by atoms with Gasteiger partial charge in [-0.3, -0.25) is 4.79 Å². The number of rotatable bonds is 7. The van der Waals surface area contributed by atoms with E-state index in [0.29, 0.717) is 6.61 Å². The summed E-state index contributed by atoms with van der Waals surface area (Å²) in [6.07, 6.45) is 2.86. The molecule has 0 aromatic heterocycles. The zero-order valence-corrected chi connectivity index (χ0v) is 7.01. The lowest BCUT2D eigenvalue weighted by Crippen LogP contribution is -1.98. The minimum Gasteiger partial charge on any atom is -0.481 e. The highest BCUT2D eigenvalue weighted by molar-refractivity contribution is 5.66. The molecule has 3 heteroatoms. The van der Waals surface area contributed by atoms with Crippen molar-refractivity contribution in [3.8, 4) is 0 Å². The molecule has 3 nitrogen and oxygen atoms in total. The highest BCUT2D eigenvalue weighted by Gasteiger charge is 1.95. The van der Waals surface area contributed by atoms with Crippen LogP contribution in [0.15, 0.2) is 0 Å². The minimum atomic E-state index is -0.722. The fraction of sp³-hybridized carbons (Fsp3) is 0.875. The summed E-state index contributed by atoms with van der Waals surface area (Å²) in [7, 11) is 0. The van der Waals surface area contributed by atoms with Crippen molar-refractivity contribution >= 4 is 5.97 Å². The van der Waals surface area contributed by atoms with Gasteiger partial charge in [-0.05, 0) is 19.3 Å². The fourth-order valence-electron chi connectivity index (χ4n) is 0.727. The van der Waals surface area contributed by atoms with Gasteiger partial charge < -0.3 is 9.84 Å². The lowest BCUT2D eigenvalue weighted by atomic mass is 10.2. The van der Waals surface area contributed by atoms with Crippen LogP contribution in [0, 0.1) is 0 Å². The number of ether oxygens (including phenoxy) is 1. The second-order valence-corrected chi connectivity index (χ2v) is 2.46. The topological polar surface area (TPSA) is 46.5 Å². The smallest absolute Gasteiger partial charge is 0.303 e. The third kappa shape index (κ3) is 9.43. The van der Waals surface area contributed by atoms with E-state index in [1.54, 1.807) is 0 Å². The van der Waals surface area contributed by atoms with Gasteiger partial charge in [0.05, 0.1) is 0 Å². The summed E-state index contributed by atoms with van der Waals surface area (Å²) in [5.74, 6) is -0.722. The molecule has 0 saturated carbocycles. The highest BCUT2D eigenvalue weighted by Crippen LogP contribution is 1.95. The van der Waals surface area contributed by atoms with E-state index in [1.807, 2.05) is 0 Å². The second kappa shape index (κ2) is 7.54. The van der Waals surface area contributed by atoms with Crippen molar-refractivity contribution in [2.24, 2.45) is 0 Å². The van der Waals surface area contributed by atoms with E-state index < -0.39 is 5.97 Å². The van der Waals surface area contributed by atoms with Gasteiger partial charge in [0.15, 0.2) is 0 Å². The summed E-state index contributed by atoms with van der Waals surface area (Å²) in [5.41, 5.74) is 0. The van der Waals surface area contributed by atoms with Crippen LogP contribution in [-0.4, -0.2) is 24.3 Å². The van der Waals surface area contributed by atoms with E-state index in [0.717, 1.165) is 25.9 Å². The van der Waals surface area contributed by atoms with Crippen LogP contribution in [0.4, 0.5) is 0 Å². The molecule has 0 rings (SSSR count). The average Bonchev–Trinajstić information content (AvgIpc) is 1.96. The maximum atomic E-state index is 10.0. The molecule has 11 heavy (non-hydrogen) atoms. The van der Waals surface area contributed by atoms with Crippen LogP contribution < -0.4 is 0 Å². The molecule has 0 heterocycles. The molecule has 0 atom stereocenters. The molecule has 66 valence electrons. The average molecular weight is 160 g/mol. The summed E-state index contributed by atoms with van der Waals surface area (Å²) in [4.78, 5) is 10.0. The minimum absolute atomic E-state index is 0.259. The van der Waals surface area contributed by atoms with Gasteiger partial charge in [0.1, 0.15) is 0 Å². The van der Waals surface area contributed by atoms with Crippen molar-refractivity contribution in [3.05, 3.63) is 0 Å². The maximum absolute atomic E-state index is 10.0. The van der Waals surface area contributed by atoms with Crippen LogP contribution in [0.3, 0.4) is 0 Å². The first kappa shape index (κ1) is 10.4. The summed E-state index contributed by atoms with van der Waals surface area (Å²) in [6.45, 7) is 3.53. The Morgan fingerprint density at radius 3 is 2.64 bits per heavy atom. The molecule has 0 radical (unpaired) electrons. The van der Waals surface area contributed by atoms with Crippen LogP contribution in [0.1, 0.15) is 32.6 Å². The number of carbonyl (C=O) groups is 1. The lowest BCUT2D eigenvalue weighted by molar-refractivity contribution is -0.137. The summed E-state index contributed by atoms with van der Waals surface area (Å²) in [6, 6.07) is 0. The third-order valence-corrected chi connectivity index (χ3v) is 1.28. The van der Waals surface area contributed by atoms with E-state index in [2.05, 4.69) is 6.92 Å². The van der Waals surface area contributed by atoms with Crippen molar-refractivity contribution in [2.45, 2.75) is 32.6 Å². The van der Waals surface area contributed by atoms with Crippen molar-refractivity contribution in [1.29, 1.82) is 0 Å². The molecule has 0 aliphatic rings. The number of carboxylic acid groups (broad SMARTS) is 1.